The number of piperidine rings is 1. The van der Waals surface area contributed by atoms with Gasteiger partial charge in [-0.1, -0.05) is 13.8 Å². The fourth-order valence-electron chi connectivity index (χ4n) is 2.36. The zero-order chi connectivity index (χ0) is 13.7. The molecule has 0 saturated carbocycles. The maximum absolute atomic E-state index is 12.0. The highest BCUT2D eigenvalue weighted by Crippen LogP contribution is 2.16. The Hall–Kier alpha value is -1.10. The molecule has 2 unspecified atom stereocenters. The summed E-state index contributed by atoms with van der Waals surface area (Å²) in [6.45, 7) is 5.64. The quantitative estimate of drug-likeness (QED) is 0.768. The maximum Gasteiger partial charge on any atom is 0.326 e. The largest absolute Gasteiger partial charge is 0.480 e. The van der Waals surface area contributed by atoms with Gasteiger partial charge in [-0.3, -0.25) is 4.79 Å². The first-order chi connectivity index (χ1) is 8.40. The average molecular weight is 256 g/mol. The third-order valence-electron chi connectivity index (χ3n) is 3.32. The molecule has 0 aromatic carbocycles. The van der Waals surface area contributed by atoms with Crippen LogP contribution in [0.4, 0.5) is 0 Å². The third-order valence-corrected chi connectivity index (χ3v) is 3.32. The zero-order valence-corrected chi connectivity index (χ0v) is 11.5. The molecule has 0 aromatic rings. The van der Waals surface area contributed by atoms with Gasteiger partial charge in [0, 0.05) is 6.54 Å². The van der Waals surface area contributed by atoms with Crippen molar-refractivity contribution in [1.29, 1.82) is 0 Å². The van der Waals surface area contributed by atoms with Gasteiger partial charge >= 0.3 is 5.97 Å². The molecule has 2 atom stereocenters. The van der Waals surface area contributed by atoms with E-state index in [2.05, 4.69) is 10.2 Å². The number of nitrogens with one attached hydrogen (secondary N) is 1. The second kappa shape index (κ2) is 6.73. The van der Waals surface area contributed by atoms with E-state index in [9.17, 15) is 9.59 Å². The first-order valence-electron chi connectivity index (χ1n) is 6.62. The van der Waals surface area contributed by atoms with Crippen molar-refractivity contribution >= 4 is 11.9 Å². The number of carbonyl (C=O) groups excluding carboxylic acids is 1. The number of hydrogen-bond acceptors (Lipinski definition) is 3. The first-order valence-corrected chi connectivity index (χ1v) is 6.62. The van der Waals surface area contributed by atoms with Gasteiger partial charge in [0.25, 0.3) is 0 Å². The number of likely N-dealkylation sites (tertiary alicyclic amines) is 1. The standard InChI is InChI=1S/C13H24N2O3/c1-9(2)7-11(13(17)18)14-12(16)10-5-4-6-15(3)8-10/h9-11H,4-8H2,1-3H3,(H,14,16)(H,17,18). The van der Waals surface area contributed by atoms with Gasteiger partial charge < -0.3 is 15.3 Å². The molecule has 1 saturated heterocycles. The predicted molar refractivity (Wildman–Crippen MR) is 69.2 cm³/mol. The predicted octanol–water partition coefficient (Wildman–Crippen LogP) is 0.944. The van der Waals surface area contributed by atoms with E-state index in [-0.39, 0.29) is 17.7 Å². The van der Waals surface area contributed by atoms with E-state index in [1.54, 1.807) is 0 Å². The van der Waals surface area contributed by atoms with Crippen LogP contribution < -0.4 is 5.32 Å². The van der Waals surface area contributed by atoms with Crippen molar-refractivity contribution in [2.75, 3.05) is 20.1 Å². The molecule has 1 amide bonds. The Kier molecular flexibility index (Phi) is 5.59. The van der Waals surface area contributed by atoms with Gasteiger partial charge in [-0.15, -0.1) is 0 Å². The van der Waals surface area contributed by atoms with Gasteiger partial charge in [-0.25, -0.2) is 4.79 Å². The van der Waals surface area contributed by atoms with E-state index in [1.165, 1.54) is 0 Å². The van der Waals surface area contributed by atoms with Crippen LogP contribution in [0.25, 0.3) is 0 Å². The highest BCUT2D eigenvalue weighted by molar-refractivity contribution is 5.85. The summed E-state index contributed by atoms with van der Waals surface area (Å²) < 4.78 is 0. The lowest BCUT2D eigenvalue weighted by molar-refractivity contribution is -0.143. The van der Waals surface area contributed by atoms with E-state index in [0.29, 0.717) is 6.42 Å². The molecule has 104 valence electrons. The number of rotatable bonds is 5. The van der Waals surface area contributed by atoms with Gasteiger partial charge in [0.15, 0.2) is 0 Å². The van der Waals surface area contributed by atoms with Crippen molar-refractivity contribution in [2.45, 2.75) is 39.2 Å². The minimum atomic E-state index is -0.943. The summed E-state index contributed by atoms with van der Waals surface area (Å²) in [5, 5.41) is 11.8. The fourth-order valence-corrected chi connectivity index (χ4v) is 2.36. The van der Waals surface area contributed by atoms with Crippen molar-refractivity contribution in [3.8, 4) is 0 Å². The molecule has 0 aromatic heterocycles. The van der Waals surface area contributed by atoms with Crippen LogP contribution in [0.5, 0.6) is 0 Å². The molecule has 0 spiro atoms. The number of nitrogens with zero attached hydrogens (tertiary/aromatic N) is 1. The summed E-state index contributed by atoms with van der Waals surface area (Å²) in [6.07, 6.45) is 2.32. The lowest BCUT2D eigenvalue weighted by atomic mass is 9.96. The molecule has 5 heteroatoms. The molecule has 0 aliphatic carbocycles. The van der Waals surface area contributed by atoms with Gasteiger partial charge in [0.1, 0.15) is 6.04 Å². The van der Waals surface area contributed by atoms with Crippen LogP contribution in [0.3, 0.4) is 0 Å². The van der Waals surface area contributed by atoms with Crippen molar-refractivity contribution in [3.05, 3.63) is 0 Å². The van der Waals surface area contributed by atoms with Gasteiger partial charge in [0.05, 0.1) is 5.92 Å². The molecule has 2 N–H and O–H groups in total. The number of hydrogen-bond donors (Lipinski definition) is 2. The van der Waals surface area contributed by atoms with E-state index in [1.807, 2.05) is 20.9 Å². The monoisotopic (exact) mass is 256 g/mol. The average Bonchev–Trinajstić information content (AvgIpc) is 2.27. The molecule has 0 bridgehead atoms. The van der Waals surface area contributed by atoms with E-state index < -0.39 is 12.0 Å². The Morgan fingerprint density at radius 1 is 1.44 bits per heavy atom. The molecule has 1 rings (SSSR count). The topological polar surface area (TPSA) is 69.6 Å². The van der Waals surface area contributed by atoms with E-state index in [4.69, 9.17) is 5.11 Å². The van der Waals surface area contributed by atoms with Gasteiger partial charge in [0.2, 0.25) is 5.91 Å². The molecule has 1 aliphatic heterocycles. The number of carboxylic acid groups (broad SMARTS) is 1. The Morgan fingerprint density at radius 2 is 2.11 bits per heavy atom. The van der Waals surface area contributed by atoms with Gasteiger partial charge in [-0.2, -0.15) is 0 Å². The fraction of sp³-hybridized carbons (Fsp3) is 0.846. The molecule has 1 heterocycles. The highest BCUT2D eigenvalue weighted by atomic mass is 16.4. The summed E-state index contributed by atoms with van der Waals surface area (Å²) >= 11 is 0. The SMILES string of the molecule is CC(C)CC(NC(=O)C1CCCN(C)C1)C(=O)O. The van der Waals surface area contributed by atoms with Crippen molar-refractivity contribution in [3.63, 3.8) is 0 Å². The first kappa shape index (κ1) is 15.0. The van der Waals surface area contributed by atoms with Crippen LogP contribution in [-0.2, 0) is 9.59 Å². The Balaban J connectivity index is 2.52. The van der Waals surface area contributed by atoms with E-state index >= 15 is 0 Å². The molecule has 1 aliphatic rings. The molecule has 1 fully saturated rings. The lowest BCUT2D eigenvalue weighted by Gasteiger charge is -2.29. The third kappa shape index (κ3) is 4.64. The van der Waals surface area contributed by atoms with Crippen LogP contribution in [-0.4, -0.2) is 48.1 Å². The summed E-state index contributed by atoms with van der Waals surface area (Å²) in [7, 11) is 1.99. The van der Waals surface area contributed by atoms with Crippen LogP contribution in [0, 0.1) is 11.8 Å². The van der Waals surface area contributed by atoms with Crippen LogP contribution in [0.15, 0.2) is 0 Å². The minimum Gasteiger partial charge on any atom is -0.480 e. The number of amides is 1. The number of carbonyl (C=O) groups is 2. The zero-order valence-electron chi connectivity index (χ0n) is 11.5. The number of carboxylic acids is 1. The maximum atomic E-state index is 12.0. The van der Waals surface area contributed by atoms with Crippen LogP contribution in [0.2, 0.25) is 0 Å². The van der Waals surface area contributed by atoms with Crippen molar-refractivity contribution < 1.29 is 14.7 Å². The Labute approximate surface area is 109 Å². The molecular formula is C13H24N2O3. The smallest absolute Gasteiger partial charge is 0.326 e. The highest BCUT2D eigenvalue weighted by Gasteiger charge is 2.28. The summed E-state index contributed by atoms with van der Waals surface area (Å²) in [5.74, 6) is -0.881. The Bertz CT molecular complexity index is 305. The van der Waals surface area contributed by atoms with Crippen molar-refractivity contribution in [2.24, 2.45) is 11.8 Å². The lowest BCUT2D eigenvalue weighted by Crippen LogP contribution is -2.48. The molecular weight excluding hydrogens is 232 g/mol. The minimum absolute atomic E-state index is 0.0715. The van der Waals surface area contributed by atoms with Gasteiger partial charge in [-0.05, 0) is 38.8 Å². The molecule has 0 radical (unpaired) electrons. The Morgan fingerprint density at radius 3 is 2.61 bits per heavy atom. The summed E-state index contributed by atoms with van der Waals surface area (Å²) in [5.41, 5.74) is 0. The summed E-state index contributed by atoms with van der Waals surface area (Å²) in [4.78, 5) is 25.2. The normalized spacial score (nSPS) is 22.8. The van der Waals surface area contributed by atoms with E-state index in [0.717, 1.165) is 25.9 Å². The molecule has 18 heavy (non-hydrogen) atoms. The second-order valence-corrected chi connectivity index (χ2v) is 5.63. The molecule has 5 nitrogen and oxygen atoms in total. The number of aliphatic carboxylic acids is 1. The second-order valence-electron chi connectivity index (χ2n) is 5.63. The van der Waals surface area contributed by atoms with Crippen molar-refractivity contribution in [1.82, 2.24) is 10.2 Å². The van der Waals surface area contributed by atoms with Crippen LogP contribution in [0.1, 0.15) is 33.1 Å². The summed E-state index contributed by atoms with van der Waals surface area (Å²) in [6, 6.07) is -0.760. The van der Waals surface area contributed by atoms with Crippen LogP contribution >= 0.6 is 0 Å².